The van der Waals surface area contributed by atoms with Gasteiger partial charge in [0.05, 0.1) is 6.04 Å². The first-order valence-electron chi connectivity index (χ1n) is 6.93. The summed E-state index contributed by atoms with van der Waals surface area (Å²) in [7, 11) is 3.86. The molecular formula is C17H18BrFN2O. The van der Waals surface area contributed by atoms with E-state index in [0.29, 0.717) is 12.1 Å². The number of carbonyl (C=O) groups excluding carboxylic acids is 1. The van der Waals surface area contributed by atoms with Crippen molar-refractivity contribution < 1.29 is 9.18 Å². The molecule has 2 aromatic carbocycles. The summed E-state index contributed by atoms with van der Waals surface area (Å²) in [4.78, 5) is 14.2. The van der Waals surface area contributed by atoms with Crippen molar-refractivity contribution in [3.8, 4) is 0 Å². The van der Waals surface area contributed by atoms with Crippen LogP contribution in [-0.2, 0) is 0 Å². The van der Waals surface area contributed by atoms with Gasteiger partial charge in [-0.25, -0.2) is 4.39 Å². The van der Waals surface area contributed by atoms with Crippen LogP contribution in [-0.4, -0.2) is 31.4 Å². The van der Waals surface area contributed by atoms with Gasteiger partial charge in [-0.3, -0.25) is 4.79 Å². The van der Waals surface area contributed by atoms with E-state index in [1.54, 1.807) is 24.3 Å². The first kappa shape index (κ1) is 16.6. The van der Waals surface area contributed by atoms with Crippen molar-refractivity contribution >= 4 is 21.8 Å². The molecule has 0 aliphatic carbocycles. The molecule has 2 aromatic rings. The van der Waals surface area contributed by atoms with E-state index in [1.807, 2.05) is 31.1 Å². The topological polar surface area (TPSA) is 32.3 Å². The summed E-state index contributed by atoms with van der Waals surface area (Å²) in [6, 6.07) is 13.5. The second kappa shape index (κ2) is 7.51. The van der Waals surface area contributed by atoms with Gasteiger partial charge in [-0.2, -0.15) is 0 Å². The molecule has 0 radical (unpaired) electrons. The first-order valence-corrected chi connectivity index (χ1v) is 7.72. The van der Waals surface area contributed by atoms with E-state index in [4.69, 9.17) is 0 Å². The number of nitrogens with zero attached hydrogens (tertiary/aromatic N) is 1. The predicted octanol–water partition coefficient (Wildman–Crippen LogP) is 3.62. The van der Waals surface area contributed by atoms with Crippen LogP contribution in [0.25, 0.3) is 0 Å². The summed E-state index contributed by atoms with van der Waals surface area (Å²) in [6.45, 7) is 0.452. The maximum absolute atomic E-state index is 13.0. The zero-order chi connectivity index (χ0) is 16.1. The van der Waals surface area contributed by atoms with E-state index < -0.39 is 0 Å². The van der Waals surface area contributed by atoms with E-state index in [1.165, 1.54) is 12.1 Å². The summed E-state index contributed by atoms with van der Waals surface area (Å²) in [5.74, 6) is -0.387. The molecule has 22 heavy (non-hydrogen) atoms. The lowest BCUT2D eigenvalue weighted by atomic mass is 10.1. The standard InChI is InChI=1S/C17H18BrFN2O/c1-21(2)16(12-5-9-15(19)10-6-12)11-20-17(22)13-3-7-14(18)8-4-13/h3-10,16H,11H2,1-2H3,(H,20,22)/t16-/m0/s1. The minimum absolute atomic E-state index is 0.0139. The van der Waals surface area contributed by atoms with Gasteiger partial charge in [0.1, 0.15) is 5.82 Å². The predicted molar refractivity (Wildman–Crippen MR) is 89.3 cm³/mol. The second-order valence-electron chi connectivity index (χ2n) is 5.25. The van der Waals surface area contributed by atoms with Crippen LogP contribution in [0.5, 0.6) is 0 Å². The van der Waals surface area contributed by atoms with Gasteiger partial charge in [-0.1, -0.05) is 28.1 Å². The minimum atomic E-state index is -0.264. The monoisotopic (exact) mass is 364 g/mol. The van der Waals surface area contributed by atoms with Crippen LogP contribution in [0.3, 0.4) is 0 Å². The molecule has 1 N–H and O–H groups in total. The molecule has 0 heterocycles. The minimum Gasteiger partial charge on any atom is -0.350 e. The lowest BCUT2D eigenvalue weighted by Crippen LogP contribution is -2.34. The van der Waals surface area contributed by atoms with Gasteiger partial charge in [0.15, 0.2) is 0 Å². The molecule has 0 spiro atoms. The van der Waals surface area contributed by atoms with Crippen molar-refractivity contribution in [2.24, 2.45) is 0 Å². The summed E-state index contributed by atoms with van der Waals surface area (Å²) in [5.41, 5.74) is 1.57. The van der Waals surface area contributed by atoms with Crippen LogP contribution < -0.4 is 5.32 Å². The number of rotatable bonds is 5. The Balaban J connectivity index is 2.04. The molecule has 0 aliphatic heterocycles. The highest BCUT2D eigenvalue weighted by molar-refractivity contribution is 9.10. The maximum Gasteiger partial charge on any atom is 0.251 e. The van der Waals surface area contributed by atoms with Crippen LogP contribution in [0.2, 0.25) is 0 Å². The largest absolute Gasteiger partial charge is 0.350 e. The Bertz CT molecular complexity index is 626. The SMILES string of the molecule is CN(C)[C@@H](CNC(=O)c1ccc(Br)cc1)c1ccc(F)cc1. The third kappa shape index (κ3) is 4.39. The number of carbonyl (C=O) groups is 1. The van der Waals surface area contributed by atoms with E-state index in [9.17, 15) is 9.18 Å². The van der Waals surface area contributed by atoms with E-state index in [2.05, 4.69) is 21.2 Å². The van der Waals surface area contributed by atoms with E-state index in [-0.39, 0.29) is 17.8 Å². The van der Waals surface area contributed by atoms with Gasteiger partial charge in [0.2, 0.25) is 0 Å². The van der Waals surface area contributed by atoms with Crippen molar-refractivity contribution in [2.75, 3.05) is 20.6 Å². The highest BCUT2D eigenvalue weighted by Gasteiger charge is 2.16. The van der Waals surface area contributed by atoms with Crippen molar-refractivity contribution in [2.45, 2.75) is 6.04 Å². The summed E-state index contributed by atoms with van der Waals surface area (Å²) >= 11 is 3.34. The number of halogens is 2. The van der Waals surface area contributed by atoms with Crippen molar-refractivity contribution in [3.63, 3.8) is 0 Å². The molecule has 0 aromatic heterocycles. The fourth-order valence-electron chi connectivity index (χ4n) is 2.18. The van der Waals surface area contributed by atoms with Gasteiger partial charge in [-0.15, -0.1) is 0 Å². The van der Waals surface area contributed by atoms with Crippen LogP contribution >= 0.6 is 15.9 Å². The van der Waals surface area contributed by atoms with Crippen LogP contribution in [0.15, 0.2) is 53.0 Å². The van der Waals surface area contributed by atoms with E-state index >= 15 is 0 Å². The number of amides is 1. The quantitative estimate of drug-likeness (QED) is 0.878. The van der Waals surface area contributed by atoms with Gasteiger partial charge in [-0.05, 0) is 56.1 Å². The Morgan fingerprint density at radius 1 is 1.14 bits per heavy atom. The molecule has 116 valence electrons. The normalized spacial score (nSPS) is 12.2. The molecule has 3 nitrogen and oxygen atoms in total. The molecule has 0 saturated carbocycles. The molecule has 0 aliphatic rings. The van der Waals surface area contributed by atoms with Crippen molar-refractivity contribution in [1.82, 2.24) is 10.2 Å². The van der Waals surface area contributed by atoms with Gasteiger partial charge in [0, 0.05) is 16.6 Å². The van der Waals surface area contributed by atoms with Crippen molar-refractivity contribution in [1.29, 1.82) is 0 Å². The third-order valence-corrected chi connectivity index (χ3v) is 3.97. The fraction of sp³-hybridized carbons (Fsp3) is 0.235. The van der Waals surface area contributed by atoms with Gasteiger partial charge < -0.3 is 10.2 Å². The van der Waals surface area contributed by atoms with Crippen molar-refractivity contribution in [3.05, 3.63) is 69.9 Å². The first-order chi connectivity index (χ1) is 10.5. The highest BCUT2D eigenvalue weighted by atomic mass is 79.9. The Labute approximate surface area is 138 Å². The number of hydrogen-bond donors (Lipinski definition) is 1. The molecule has 0 fully saturated rings. The van der Waals surface area contributed by atoms with Gasteiger partial charge >= 0.3 is 0 Å². The Morgan fingerprint density at radius 2 is 1.73 bits per heavy atom. The summed E-state index contributed by atoms with van der Waals surface area (Å²) in [6.07, 6.45) is 0. The zero-order valence-corrected chi connectivity index (χ0v) is 14.1. The molecule has 0 unspecified atom stereocenters. The smallest absolute Gasteiger partial charge is 0.251 e. The second-order valence-corrected chi connectivity index (χ2v) is 6.16. The molecule has 0 saturated heterocycles. The summed E-state index contributed by atoms with van der Waals surface area (Å²) < 4.78 is 14.0. The Morgan fingerprint density at radius 3 is 2.27 bits per heavy atom. The lowest BCUT2D eigenvalue weighted by Gasteiger charge is -2.25. The van der Waals surface area contributed by atoms with Crippen LogP contribution in [0.1, 0.15) is 22.0 Å². The Hall–Kier alpha value is -1.72. The average molecular weight is 365 g/mol. The highest BCUT2D eigenvalue weighted by Crippen LogP contribution is 2.18. The average Bonchev–Trinajstić information content (AvgIpc) is 2.49. The molecular weight excluding hydrogens is 347 g/mol. The molecule has 2 rings (SSSR count). The fourth-order valence-corrected chi connectivity index (χ4v) is 2.44. The molecule has 1 amide bonds. The Kier molecular flexibility index (Phi) is 5.69. The number of nitrogens with one attached hydrogen (secondary N) is 1. The van der Waals surface area contributed by atoms with Gasteiger partial charge in [0.25, 0.3) is 5.91 Å². The third-order valence-electron chi connectivity index (χ3n) is 3.44. The number of hydrogen-bond acceptors (Lipinski definition) is 2. The molecule has 5 heteroatoms. The van der Waals surface area contributed by atoms with E-state index in [0.717, 1.165) is 10.0 Å². The zero-order valence-electron chi connectivity index (χ0n) is 12.5. The van der Waals surface area contributed by atoms with Crippen LogP contribution in [0.4, 0.5) is 4.39 Å². The summed E-state index contributed by atoms with van der Waals surface area (Å²) in [5, 5.41) is 2.92. The molecule has 0 bridgehead atoms. The lowest BCUT2D eigenvalue weighted by molar-refractivity contribution is 0.0942. The maximum atomic E-state index is 13.0. The molecule has 1 atom stereocenters. The number of likely N-dealkylation sites (N-methyl/N-ethyl adjacent to an activating group) is 1. The van der Waals surface area contributed by atoms with Crippen LogP contribution in [0, 0.1) is 5.82 Å². The number of benzene rings is 2.